The number of esters is 1. The van der Waals surface area contributed by atoms with E-state index in [9.17, 15) is 13.6 Å². The monoisotopic (exact) mass is 202 g/mol. The Kier molecular flexibility index (Phi) is 3.01. The normalized spacial score (nSPS) is 9.93. The molecule has 3 nitrogen and oxygen atoms in total. The van der Waals surface area contributed by atoms with Crippen molar-refractivity contribution in [1.82, 2.24) is 0 Å². The second-order valence-electron chi connectivity index (χ2n) is 2.65. The molecule has 0 radical (unpaired) electrons. The first-order valence-corrected chi connectivity index (χ1v) is 3.78. The number of halogens is 2. The predicted molar refractivity (Wildman–Crippen MR) is 43.7 cm³/mol. The van der Waals surface area contributed by atoms with Crippen LogP contribution < -0.4 is 0 Å². The Bertz CT molecular complexity index is 363. The first-order valence-electron chi connectivity index (χ1n) is 3.78. The van der Waals surface area contributed by atoms with Crippen LogP contribution in [0.25, 0.3) is 0 Å². The van der Waals surface area contributed by atoms with Crippen LogP contribution in [-0.4, -0.2) is 18.2 Å². The molecular weight excluding hydrogens is 194 g/mol. The zero-order chi connectivity index (χ0) is 10.7. The van der Waals surface area contributed by atoms with E-state index >= 15 is 0 Å². The molecule has 0 amide bonds. The van der Waals surface area contributed by atoms with Crippen LogP contribution in [0.15, 0.2) is 12.1 Å². The highest BCUT2D eigenvalue weighted by Crippen LogP contribution is 2.21. The lowest BCUT2D eigenvalue weighted by Gasteiger charge is -2.03. The van der Waals surface area contributed by atoms with Gasteiger partial charge in [-0.25, -0.2) is 8.78 Å². The highest BCUT2D eigenvalue weighted by atomic mass is 19.2. The third-order valence-corrected chi connectivity index (χ3v) is 1.68. The first kappa shape index (κ1) is 10.4. The molecule has 0 spiro atoms. The lowest BCUT2D eigenvalue weighted by molar-refractivity contribution is -0.139. The van der Waals surface area contributed by atoms with Crippen molar-refractivity contribution in [3.8, 4) is 5.75 Å². The van der Waals surface area contributed by atoms with Gasteiger partial charge in [0.05, 0.1) is 13.5 Å². The Labute approximate surface area is 78.9 Å². The maximum Gasteiger partial charge on any atom is 0.310 e. The molecule has 0 saturated carbocycles. The zero-order valence-electron chi connectivity index (χ0n) is 7.38. The number of benzene rings is 1. The molecule has 0 saturated heterocycles. The Hall–Kier alpha value is -1.65. The summed E-state index contributed by atoms with van der Waals surface area (Å²) in [7, 11) is 1.17. The number of phenolic OH excluding ortho intramolecular Hbond substituents is 1. The molecule has 0 bridgehead atoms. The van der Waals surface area contributed by atoms with Gasteiger partial charge in [0.2, 0.25) is 0 Å². The van der Waals surface area contributed by atoms with E-state index in [1.807, 2.05) is 0 Å². The maximum atomic E-state index is 12.7. The number of aromatic hydroxyl groups is 1. The van der Waals surface area contributed by atoms with Crippen molar-refractivity contribution >= 4 is 5.97 Å². The molecule has 0 unspecified atom stereocenters. The molecule has 14 heavy (non-hydrogen) atoms. The van der Waals surface area contributed by atoms with Crippen LogP contribution >= 0.6 is 0 Å². The Morgan fingerprint density at radius 1 is 1.43 bits per heavy atom. The summed E-state index contributed by atoms with van der Waals surface area (Å²) < 4.78 is 29.5. The second kappa shape index (κ2) is 4.04. The molecule has 1 N–H and O–H groups in total. The minimum atomic E-state index is -1.16. The fourth-order valence-corrected chi connectivity index (χ4v) is 0.947. The van der Waals surface area contributed by atoms with Crippen LogP contribution in [0.5, 0.6) is 5.75 Å². The largest absolute Gasteiger partial charge is 0.508 e. The number of ether oxygens (including phenoxy) is 1. The topological polar surface area (TPSA) is 46.5 Å². The SMILES string of the molecule is COC(=O)Cc1cc(F)c(F)cc1O. The summed E-state index contributed by atoms with van der Waals surface area (Å²) in [5, 5.41) is 9.15. The molecule has 0 heterocycles. The molecular formula is C9H8F2O3. The summed E-state index contributed by atoms with van der Waals surface area (Å²) in [6.07, 6.45) is -0.292. The van der Waals surface area contributed by atoms with Gasteiger partial charge < -0.3 is 9.84 Å². The lowest BCUT2D eigenvalue weighted by atomic mass is 10.1. The van der Waals surface area contributed by atoms with Gasteiger partial charge in [0.15, 0.2) is 11.6 Å². The van der Waals surface area contributed by atoms with Crippen LogP contribution in [-0.2, 0) is 16.0 Å². The summed E-state index contributed by atoms with van der Waals surface area (Å²) in [5.74, 6) is -3.36. The smallest absolute Gasteiger partial charge is 0.310 e. The Morgan fingerprint density at radius 3 is 2.57 bits per heavy atom. The number of carbonyl (C=O) groups excluding carboxylic acids is 1. The number of carbonyl (C=O) groups is 1. The van der Waals surface area contributed by atoms with Crippen LogP contribution in [0.3, 0.4) is 0 Å². The fourth-order valence-electron chi connectivity index (χ4n) is 0.947. The Morgan fingerprint density at radius 2 is 2.00 bits per heavy atom. The van der Waals surface area contributed by atoms with E-state index in [1.54, 1.807) is 0 Å². The molecule has 5 heteroatoms. The van der Waals surface area contributed by atoms with E-state index in [4.69, 9.17) is 5.11 Å². The molecule has 1 aromatic rings. The lowest BCUT2D eigenvalue weighted by Crippen LogP contribution is -2.05. The van der Waals surface area contributed by atoms with Crippen LogP contribution in [0.4, 0.5) is 8.78 Å². The molecule has 1 rings (SSSR count). The van der Waals surface area contributed by atoms with E-state index in [0.29, 0.717) is 6.07 Å². The number of rotatable bonds is 2. The summed E-state index contributed by atoms with van der Waals surface area (Å²) in [6.45, 7) is 0. The highest BCUT2D eigenvalue weighted by molar-refractivity contribution is 5.73. The standard InChI is InChI=1S/C9H8F2O3/c1-14-9(13)3-5-2-6(10)7(11)4-8(5)12/h2,4,12H,3H2,1H3. The van der Waals surface area contributed by atoms with Gasteiger partial charge in [-0.05, 0) is 6.07 Å². The number of methoxy groups -OCH3 is 1. The second-order valence-corrected chi connectivity index (χ2v) is 2.65. The van der Waals surface area contributed by atoms with Gasteiger partial charge in [-0.3, -0.25) is 4.79 Å². The van der Waals surface area contributed by atoms with Crippen LogP contribution in [0.2, 0.25) is 0 Å². The molecule has 1 aromatic carbocycles. The third-order valence-electron chi connectivity index (χ3n) is 1.68. The maximum absolute atomic E-state index is 12.7. The van der Waals surface area contributed by atoms with E-state index < -0.39 is 23.4 Å². The molecule has 0 aliphatic heterocycles. The summed E-state index contributed by atoms with van der Waals surface area (Å²) >= 11 is 0. The number of phenols is 1. The minimum absolute atomic E-state index is 0.00394. The summed E-state index contributed by atoms with van der Waals surface area (Å²) in [6, 6.07) is 1.38. The predicted octanol–water partition coefficient (Wildman–Crippen LogP) is 1.39. The van der Waals surface area contributed by atoms with Crippen molar-refractivity contribution in [2.24, 2.45) is 0 Å². The van der Waals surface area contributed by atoms with Crippen molar-refractivity contribution < 1.29 is 23.4 Å². The third kappa shape index (κ3) is 2.18. The number of hydrogen-bond donors (Lipinski definition) is 1. The average Bonchev–Trinajstić information content (AvgIpc) is 2.14. The average molecular weight is 202 g/mol. The van der Waals surface area contributed by atoms with Crippen molar-refractivity contribution in [3.05, 3.63) is 29.3 Å². The fraction of sp³-hybridized carbons (Fsp3) is 0.222. The Balaban J connectivity index is 2.98. The molecule has 0 aliphatic rings. The summed E-state index contributed by atoms with van der Waals surface area (Å²) in [5.41, 5.74) is -0.00394. The highest BCUT2D eigenvalue weighted by Gasteiger charge is 2.12. The van der Waals surface area contributed by atoms with E-state index in [2.05, 4.69) is 4.74 Å². The van der Waals surface area contributed by atoms with E-state index in [0.717, 1.165) is 6.07 Å². The molecule has 0 atom stereocenters. The van der Waals surface area contributed by atoms with Gasteiger partial charge in [-0.1, -0.05) is 0 Å². The van der Waals surface area contributed by atoms with E-state index in [-0.39, 0.29) is 12.0 Å². The van der Waals surface area contributed by atoms with Crippen molar-refractivity contribution in [2.75, 3.05) is 7.11 Å². The first-order chi connectivity index (χ1) is 6.54. The van der Waals surface area contributed by atoms with Gasteiger partial charge >= 0.3 is 5.97 Å². The van der Waals surface area contributed by atoms with Crippen molar-refractivity contribution in [2.45, 2.75) is 6.42 Å². The minimum Gasteiger partial charge on any atom is -0.508 e. The van der Waals surface area contributed by atoms with Gasteiger partial charge in [0, 0.05) is 11.6 Å². The van der Waals surface area contributed by atoms with E-state index in [1.165, 1.54) is 7.11 Å². The van der Waals surface area contributed by atoms with Gasteiger partial charge in [-0.2, -0.15) is 0 Å². The van der Waals surface area contributed by atoms with Crippen LogP contribution in [0.1, 0.15) is 5.56 Å². The van der Waals surface area contributed by atoms with Crippen LogP contribution in [0, 0.1) is 11.6 Å². The van der Waals surface area contributed by atoms with Gasteiger partial charge in [0.1, 0.15) is 5.75 Å². The molecule has 0 fully saturated rings. The van der Waals surface area contributed by atoms with Gasteiger partial charge in [0.25, 0.3) is 0 Å². The molecule has 0 aliphatic carbocycles. The number of hydrogen-bond acceptors (Lipinski definition) is 3. The zero-order valence-corrected chi connectivity index (χ0v) is 7.38. The molecule has 76 valence electrons. The van der Waals surface area contributed by atoms with Crippen molar-refractivity contribution in [1.29, 1.82) is 0 Å². The quantitative estimate of drug-likeness (QED) is 0.737. The summed E-state index contributed by atoms with van der Waals surface area (Å²) in [4.78, 5) is 10.8. The molecule has 0 aromatic heterocycles. The van der Waals surface area contributed by atoms with Crippen molar-refractivity contribution in [3.63, 3.8) is 0 Å². The van der Waals surface area contributed by atoms with Gasteiger partial charge in [-0.15, -0.1) is 0 Å².